The number of rotatable bonds is 6. The Morgan fingerprint density at radius 1 is 1.00 bits per heavy atom. The van der Waals surface area contributed by atoms with Gasteiger partial charge in [0.15, 0.2) is 6.04 Å². The first-order valence-electron chi connectivity index (χ1n) is 9.84. The van der Waals surface area contributed by atoms with Crippen LogP contribution < -0.4 is 14.5 Å². The van der Waals surface area contributed by atoms with E-state index in [4.69, 9.17) is 4.74 Å². The van der Waals surface area contributed by atoms with Crippen LogP contribution in [-0.2, 0) is 6.54 Å². The fraction of sp³-hybridized carbons (Fsp3) is 0.381. The van der Waals surface area contributed by atoms with E-state index >= 15 is 0 Å². The average Bonchev–Trinajstić information content (AvgIpc) is 3.18. The number of hydrogen-bond donors (Lipinski definition) is 2. The predicted molar refractivity (Wildman–Crippen MR) is 106 cm³/mol. The molecule has 1 saturated heterocycles. The summed E-state index contributed by atoms with van der Waals surface area (Å²) in [7, 11) is 3.96. The van der Waals surface area contributed by atoms with Gasteiger partial charge in [-0.2, -0.15) is 0 Å². The first kappa shape index (κ1) is 18.6. The van der Waals surface area contributed by atoms with Crippen LogP contribution in [0, 0.1) is 0 Å². The molecule has 1 aromatic heterocycles. The van der Waals surface area contributed by atoms with Crippen molar-refractivity contribution >= 4 is 0 Å². The van der Waals surface area contributed by atoms with Crippen molar-refractivity contribution in [3.8, 4) is 5.75 Å². The summed E-state index contributed by atoms with van der Waals surface area (Å²) in [4.78, 5) is 3.10. The largest absolute Gasteiger partial charge is 0.497 e. The second kappa shape index (κ2) is 8.50. The van der Waals surface area contributed by atoms with Crippen LogP contribution in [0.4, 0.5) is 0 Å². The molecule has 1 aliphatic heterocycles. The number of ether oxygens (including phenoxy) is 1. The van der Waals surface area contributed by atoms with Crippen LogP contribution in [-0.4, -0.2) is 60.5 Å². The SMILES string of the molecule is COc1ccc([C@@H](c2nnnn2Cc2ccccc2)[NH+]2CC[NH+](C)CC2)cc1. The topological polar surface area (TPSA) is 61.7 Å². The molecular weight excluding hydrogens is 352 g/mol. The zero-order valence-electron chi connectivity index (χ0n) is 16.5. The van der Waals surface area contributed by atoms with Crippen LogP contribution in [0.2, 0.25) is 0 Å². The Morgan fingerprint density at radius 3 is 2.39 bits per heavy atom. The maximum atomic E-state index is 5.35. The van der Waals surface area contributed by atoms with Gasteiger partial charge in [0.25, 0.3) is 0 Å². The fourth-order valence-electron chi connectivity index (χ4n) is 3.94. The number of aromatic nitrogens is 4. The van der Waals surface area contributed by atoms with E-state index < -0.39 is 0 Å². The maximum Gasteiger partial charge on any atom is 0.214 e. The molecule has 0 aliphatic carbocycles. The van der Waals surface area contributed by atoms with Crippen molar-refractivity contribution in [2.75, 3.05) is 40.3 Å². The Bertz CT molecular complexity index is 871. The van der Waals surface area contributed by atoms with Gasteiger partial charge in [-0.1, -0.05) is 30.3 Å². The molecule has 2 heterocycles. The summed E-state index contributed by atoms with van der Waals surface area (Å²) in [5.74, 6) is 1.78. The highest BCUT2D eigenvalue weighted by Crippen LogP contribution is 2.21. The normalized spacial score (nSPS) is 20.6. The average molecular weight is 380 g/mol. The molecule has 0 spiro atoms. The van der Waals surface area contributed by atoms with Crippen LogP contribution in [0.5, 0.6) is 5.75 Å². The summed E-state index contributed by atoms with van der Waals surface area (Å²) in [5, 5.41) is 12.8. The third-order valence-corrected chi connectivity index (χ3v) is 5.60. The molecule has 0 radical (unpaired) electrons. The lowest BCUT2D eigenvalue weighted by Crippen LogP contribution is -3.27. The minimum atomic E-state index is 0.109. The first-order chi connectivity index (χ1) is 13.7. The number of nitrogens with one attached hydrogen (secondary N) is 2. The number of tetrazole rings is 1. The van der Waals surface area contributed by atoms with Gasteiger partial charge in [-0.25, -0.2) is 4.68 Å². The second-order valence-electron chi connectivity index (χ2n) is 7.50. The summed E-state index contributed by atoms with van der Waals surface area (Å²) in [5.41, 5.74) is 2.42. The van der Waals surface area contributed by atoms with Crippen molar-refractivity contribution < 1.29 is 14.5 Å². The van der Waals surface area contributed by atoms with E-state index in [0.29, 0.717) is 6.54 Å². The van der Waals surface area contributed by atoms with E-state index in [1.165, 1.54) is 16.0 Å². The van der Waals surface area contributed by atoms with Crippen molar-refractivity contribution in [2.24, 2.45) is 0 Å². The van der Waals surface area contributed by atoms with Crippen molar-refractivity contribution in [1.29, 1.82) is 0 Å². The number of piperazine rings is 1. The van der Waals surface area contributed by atoms with Gasteiger partial charge in [-0.15, -0.1) is 5.10 Å². The van der Waals surface area contributed by atoms with Crippen molar-refractivity contribution in [1.82, 2.24) is 20.2 Å². The Morgan fingerprint density at radius 2 is 1.71 bits per heavy atom. The Labute approximate surface area is 165 Å². The number of benzene rings is 2. The summed E-state index contributed by atoms with van der Waals surface area (Å²) < 4.78 is 7.29. The van der Waals surface area contributed by atoms with E-state index in [0.717, 1.165) is 37.8 Å². The van der Waals surface area contributed by atoms with Crippen molar-refractivity contribution in [3.63, 3.8) is 0 Å². The van der Waals surface area contributed by atoms with Gasteiger partial charge in [0.2, 0.25) is 5.82 Å². The zero-order chi connectivity index (χ0) is 19.3. The van der Waals surface area contributed by atoms with Crippen LogP contribution in [0.3, 0.4) is 0 Å². The third-order valence-electron chi connectivity index (χ3n) is 5.60. The van der Waals surface area contributed by atoms with Gasteiger partial charge in [0, 0.05) is 5.56 Å². The van der Waals surface area contributed by atoms with Crippen LogP contribution >= 0.6 is 0 Å². The molecule has 1 aliphatic rings. The Hall–Kier alpha value is -2.77. The monoisotopic (exact) mass is 380 g/mol. The second-order valence-corrected chi connectivity index (χ2v) is 7.50. The van der Waals surface area contributed by atoms with E-state index in [1.54, 1.807) is 12.0 Å². The minimum Gasteiger partial charge on any atom is -0.497 e. The molecule has 7 nitrogen and oxygen atoms in total. The highest BCUT2D eigenvalue weighted by Gasteiger charge is 2.34. The van der Waals surface area contributed by atoms with Gasteiger partial charge < -0.3 is 14.5 Å². The van der Waals surface area contributed by atoms with Gasteiger partial charge in [0.1, 0.15) is 31.9 Å². The summed E-state index contributed by atoms with van der Waals surface area (Å²) in [6.07, 6.45) is 0. The number of quaternary nitrogens is 2. The van der Waals surface area contributed by atoms with E-state index in [1.807, 2.05) is 22.9 Å². The molecule has 2 N–H and O–H groups in total. The van der Waals surface area contributed by atoms with Crippen LogP contribution in [0.25, 0.3) is 0 Å². The summed E-state index contributed by atoms with van der Waals surface area (Å²) in [6, 6.07) is 18.8. The highest BCUT2D eigenvalue weighted by molar-refractivity contribution is 5.30. The lowest BCUT2D eigenvalue weighted by Gasteiger charge is -2.32. The van der Waals surface area contributed by atoms with Gasteiger partial charge in [-0.05, 0) is 40.3 Å². The van der Waals surface area contributed by atoms with E-state index in [-0.39, 0.29) is 6.04 Å². The Kier molecular flexibility index (Phi) is 5.64. The fourth-order valence-corrected chi connectivity index (χ4v) is 3.94. The number of nitrogens with zero attached hydrogens (tertiary/aromatic N) is 4. The molecule has 1 fully saturated rings. The molecule has 2 aromatic carbocycles. The van der Waals surface area contributed by atoms with Crippen molar-refractivity contribution in [3.05, 3.63) is 71.5 Å². The summed E-state index contributed by atoms with van der Waals surface area (Å²) >= 11 is 0. The molecule has 7 heteroatoms. The molecule has 146 valence electrons. The minimum absolute atomic E-state index is 0.109. The molecule has 0 amide bonds. The number of likely N-dealkylation sites (N-methyl/N-ethyl adjacent to an activating group) is 1. The van der Waals surface area contributed by atoms with Gasteiger partial charge >= 0.3 is 0 Å². The molecule has 28 heavy (non-hydrogen) atoms. The van der Waals surface area contributed by atoms with E-state index in [2.05, 4.69) is 59.0 Å². The summed E-state index contributed by atoms with van der Waals surface area (Å²) in [6.45, 7) is 5.18. The first-order valence-corrected chi connectivity index (χ1v) is 9.84. The zero-order valence-corrected chi connectivity index (χ0v) is 16.5. The van der Waals surface area contributed by atoms with Crippen LogP contribution in [0.15, 0.2) is 54.6 Å². The molecule has 3 aromatic rings. The van der Waals surface area contributed by atoms with E-state index in [9.17, 15) is 0 Å². The predicted octanol–water partition coefficient (Wildman–Crippen LogP) is -0.767. The maximum absolute atomic E-state index is 5.35. The highest BCUT2D eigenvalue weighted by atomic mass is 16.5. The Balaban J connectivity index is 1.68. The molecule has 0 saturated carbocycles. The lowest BCUT2D eigenvalue weighted by molar-refractivity contribution is -1.02. The van der Waals surface area contributed by atoms with Crippen molar-refractivity contribution in [2.45, 2.75) is 12.6 Å². The van der Waals surface area contributed by atoms with Crippen LogP contribution in [0.1, 0.15) is 23.0 Å². The molecule has 0 unspecified atom stereocenters. The van der Waals surface area contributed by atoms with Gasteiger partial charge in [-0.3, -0.25) is 0 Å². The molecule has 1 atom stereocenters. The number of methoxy groups -OCH3 is 1. The smallest absolute Gasteiger partial charge is 0.214 e. The standard InChI is InChI=1S/C21H26N6O/c1-25-12-14-26(15-13-25)20(18-8-10-19(28-2)11-9-18)21-22-23-24-27(21)16-17-6-4-3-5-7-17/h3-11,20H,12-16H2,1-2H3/p+2/t20-/m0/s1. The quantitative estimate of drug-likeness (QED) is 0.590. The molecular formula is C21H28N6O+2. The lowest BCUT2D eigenvalue weighted by atomic mass is 10.0. The molecule has 4 rings (SSSR count). The molecule has 0 bridgehead atoms. The number of hydrogen-bond acceptors (Lipinski definition) is 4. The third kappa shape index (κ3) is 4.05. The van der Waals surface area contributed by atoms with Gasteiger partial charge in [0.05, 0.1) is 20.7 Å².